The molecule has 1 aliphatic rings. The summed E-state index contributed by atoms with van der Waals surface area (Å²) in [6.07, 6.45) is 2.21. The van der Waals surface area contributed by atoms with Gasteiger partial charge in [-0.3, -0.25) is 4.79 Å². The summed E-state index contributed by atoms with van der Waals surface area (Å²) in [7, 11) is 0. The first-order valence-corrected chi connectivity index (χ1v) is 6.67. The van der Waals surface area contributed by atoms with E-state index in [4.69, 9.17) is 0 Å². The first-order chi connectivity index (χ1) is 8.58. The second kappa shape index (κ2) is 6.92. The third kappa shape index (κ3) is 3.95. The molecule has 2 rings (SSSR count). The zero-order valence-electron chi connectivity index (χ0n) is 11.9. The monoisotopic (exact) mass is 282 g/mol. The molecule has 106 valence electrons. The Morgan fingerprint density at radius 2 is 1.89 bits per heavy atom. The van der Waals surface area contributed by atoms with Gasteiger partial charge in [0.25, 0.3) is 5.91 Å². The number of halogens is 1. The average molecular weight is 283 g/mol. The van der Waals surface area contributed by atoms with Crippen molar-refractivity contribution in [3.8, 4) is 0 Å². The molecule has 1 atom stereocenters. The zero-order chi connectivity index (χ0) is 13.1. The predicted octanol–water partition coefficient (Wildman–Crippen LogP) is 2.52. The molecule has 1 amide bonds. The van der Waals surface area contributed by atoms with Crippen molar-refractivity contribution < 1.29 is 4.79 Å². The van der Waals surface area contributed by atoms with Crippen molar-refractivity contribution in [3.63, 3.8) is 0 Å². The number of hydrogen-bond acceptors (Lipinski definition) is 2. The van der Waals surface area contributed by atoms with Crippen LogP contribution in [-0.2, 0) is 0 Å². The molecular weight excluding hydrogens is 260 g/mol. The van der Waals surface area contributed by atoms with E-state index in [1.54, 1.807) is 0 Å². The summed E-state index contributed by atoms with van der Waals surface area (Å²) in [4.78, 5) is 12.3. The standard InChI is InChI=1S/C15H22N2O.ClH/c1-10-7-11(2)14(12(3)8-10)15(18)17-13-5-4-6-16-9-13;/h7-8,13,16H,4-6,9H2,1-3H3,(H,17,18);1H. The summed E-state index contributed by atoms with van der Waals surface area (Å²) in [6.45, 7) is 8.03. The minimum absolute atomic E-state index is 0. The second-order valence-electron chi connectivity index (χ2n) is 5.29. The van der Waals surface area contributed by atoms with Crippen molar-refractivity contribution in [2.24, 2.45) is 0 Å². The Labute approximate surface area is 121 Å². The number of piperidine rings is 1. The van der Waals surface area contributed by atoms with E-state index in [1.807, 2.05) is 13.8 Å². The van der Waals surface area contributed by atoms with Gasteiger partial charge >= 0.3 is 0 Å². The van der Waals surface area contributed by atoms with Gasteiger partial charge in [-0.05, 0) is 51.3 Å². The average Bonchev–Trinajstić information content (AvgIpc) is 2.28. The molecule has 0 radical (unpaired) electrons. The summed E-state index contributed by atoms with van der Waals surface area (Å²) in [6, 6.07) is 4.41. The van der Waals surface area contributed by atoms with Gasteiger partial charge in [-0.25, -0.2) is 0 Å². The Morgan fingerprint density at radius 3 is 2.42 bits per heavy atom. The zero-order valence-corrected chi connectivity index (χ0v) is 12.7. The highest BCUT2D eigenvalue weighted by molar-refractivity contribution is 5.97. The maximum atomic E-state index is 12.3. The number of hydrogen-bond donors (Lipinski definition) is 2. The van der Waals surface area contributed by atoms with Crippen LogP contribution in [0.2, 0.25) is 0 Å². The van der Waals surface area contributed by atoms with Crippen molar-refractivity contribution in [2.75, 3.05) is 13.1 Å². The van der Waals surface area contributed by atoms with Crippen LogP contribution in [0.4, 0.5) is 0 Å². The van der Waals surface area contributed by atoms with E-state index in [0.29, 0.717) is 0 Å². The Bertz CT molecular complexity index is 430. The molecule has 1 fully saturated rings. The van der Waals surface area contributed by atoms with E-state index in [2.05, 4.69) is 29.7 Å². The molecule has 1 heterocycles. The number of benzene rings is 1. The third-order valence-electron chi connectivity index (χ3n) is 3.54. The summed E-state index contributed by atoms with van der Waals surface area (Å²) >= 11 is 0. The lowest BCUT2D eigenvalue weighted by Crippen LogP contribution is -2.45. The molecule has 0 aromatic heterocycles. The lowest BCUT2D eigenvalue weighted by Gasteiger charge is -2.24. The SMILES string of the molecule is Cc1cc(C)c(C(=O)NC2CCCNC2)c(C)c1.Cl. The Balaban J connectivity index is 0.00000180. The van der Waals surface area contributed by atoms with E-state index in [-0.39, 0.29) is 24.4 Å². The third-order valence-corrected chi connectivity index (χ3v) is 3.54. The van der Waals surface area contributed by atoms with Crippen LogP contribution < -0.4 is 10.6 Å². The highest BCUT2D eigenvalue weighted by atomic mass is 35.5. The molecule has 2 N–H and O–H groups in total. The molecule has 0 saturated carbocycles. The normalized spacial score (nSPS) is 18.6. The molecule has 3 nitrogen and oxygen atoms in total. The molecule has 0 bridgehead atoms. The minimum Gasteiger partial charge on any atom is -0.348 e. The Kier molecular flexibility index (Phi) is 5.83. The number of rotatable bonds is 2. The van der Waals surface area contributed by atoms with Gasteiger partial charge in [0, 0.05) is 18.2 Å². The largest absolute Gasteiger partial charge is 0.348 e. The van der Waals surface area contributed by atoms with Crippen LogP contribution in [0.15, 0.2) is 12.1 Å². The number of nitrogens with one attached hydrogen (secondary N) is 2. The van der Waals surface area contributed by atoms with Crippen molar-refractivity contribution in [2.45, 2.75) is 39.7 Å². The summed E-state index contributed by atoms with van der Waals surface area (Å²) < 4.78 is 0. The lowest BCUT2D eigenvalue weighted by molar-refractivity contribution is 0.0929. The lowest BCUT2D eigenvalue weighted by atomic mass is 9.98. The molecule has 19 heavy (non-hydrogen) atoms. The molecule has 1 aromatic rings. The smallest absolute Gasteiger partial charge is 0.252 e. The molecule has 1 saturated heterocycles. The maximum Gasteiger partial charge on any atom is 0.252 e. The predicted molar refractivity (Wildman–Crippen MR) is 81.3 cm³/mol. The van der Waals surface area contributed by atoms with Crippen molar-refractivity contribution in [1.29, 1.82) is 0 Å². The van der Waals surface area contributed by atoms with E-state index in [9.17, 15) is 4.79 Å². The van der Waals surface area contributed by atoms with E-state index < -0.39 is 0 Å². The highest BCUT2D eigenvalue weighted by Crippen LogP contribution is 2.16. The maximum absolute atomic E-state index is 12.3. The Hall–Kier alpha value is -1.06. The molecular formula is C15H23ClN2O. The van der Waals surface area contributed by atoms with E-state index in [1.165, 1.54) is 5.56 Å². The van der Waals surface area contributed by atoms with Crippen LogP contribution in [0.25, 0.3) is 0 Å². The van der Waals surface area contributed by atoms with Gasteiger partial charge in [-0.15, -0.1) is 12.4 Å². The van der Waals surface area contributed by atoms with Crippen LogP contribution in [0.3, 0.4) is 0 Å². The van der Waals surface area contributed by atoms with Gasteiger partial charge in [-0.2, -0.15) is 0 Å². The number of amides is 1. The number of carbonyl (C=O) groups is 1. The summed E-state index contributed by atoms with van der Waals surface area (Å²) in [5.74, 6) is 0.0682. The molecule has 1 aromatic carbocycles. The van der Waals surface area contributed by atoms with Gasteiger partial charge < -0.3 is 10.6 Å². The van der Waals surface area contributed by atoms with Crippen LogP contribution in [0, 0.1) is 20.8 Å². The molecule has 0 spiro atoms. The summed E-state index contributed by atoms with van der Waals surface area (Å²) in [5.41, 5.74) is 4.18. The molecule has 0 aliphatic carbocycles. The first-order valence-electron chi connectivity index (χ1n) is 6.67. The van der Waals surface area contributed by atoms with Gasteiger partial charge in [0.2, 0.25) is 0 Å². The van der Waals surface area contributed by atoms with Crippen molar-refractivity contribution in [1.82, 2.24) is 10.6 Å². The highest BCUT2D eigenvalue weighted by Gasteiger charge is 2.18. The fourth-order valence-corrected chi connectivity index (χ4v) is 2.77. The van der Waals surface area contributed by atoms with E-state index >= 15 is 0 Å². The number of aryl methyl sites for hydroxylation is 3. The molecule has 1 aliphatic heterocycles. The topological polar surface area (TPSA) is 41.1 Å². The minimum atomic E-state index is 0. The van der Waals surface area contributed by atoms with Gasteiger partial charge in [0.05, 0.1) is 0 Å². The number of carbonyl (C=O) groups excluding carboxylic acids is 1. The first kappa shape index (κ1) is 16.0. The van der Waals surface area contributed by atoms with Gasteiger partial charge in [0.1, 0.15) is 0 Å². The van der Waals surface area contributed by atoms with E-state index in [0.717, 1.165) is 42.6 Å². The molecule has 1 unspecified atom stereocenters. The quantitative estimate of drug-likeness (QED) is 0.875. The fourth-order valence-electron chi connectivity index (χ4n) is 2.77. The van der Waals surface area contributed by atoms with Gasteiger partial charge in [-0.1, -0.05) is 17.7 Å². The van der Waals surface area contributed by atoms with Crippen molar-refractivity contribution in [3.05, 3.63) is 34.4 Å². The van der Waals surface area contributed by atoms with Crippen LogP contribution >= 0.6 is 12.4 Å². The van der Waals surface area contributed by atoms with Gasteiger partial charge in [0.15, 0.2) is 0 Å². The Morgan fingerprint density at radius 1 is 1.26 bits per heavy atom. The van der Waals surface area contributed by atoms with Crippen LogP contribution in [0.1, 0.15) is 39.9 Å². The fraction of sp³-hybridized carbons (Fsp3) is 0.533. The van der Waals surface area contributed by atoms with Crippen LogP contribution in [-0.4, -0.2) is 25.0 Å². The van der Waals surface area contributed by atoms with Crippen LogP contribution in [0.5, 0.6) is 0 Å². The van der Waals surface area contributed by atoms with Crippen molar-refractivity contribution >= 4 is 18.3 Å². The summed E-state index contributed by atoms with van der Waals surface area (Å²) in [5, 5.41) is 6.45. The molecule has 4 heteroatoms. The second-order valence-corrected chi connectivity index (χ2v) is 5.29.